The van der Waals surface area contributed by atoms with Crippen LogP contribution in [0.2, 0.25) is 0 Å². The Bertz CT molecular complexity index is 1890. The van der Waals surface area contributed by atoms with Gasteiger partial charge in [-0.25, -0.2) is 0 Å². The summed E-state index contributed by atoms with van der Waals surface area (Å²) in [7, 11) is 0. The van der Waals surface area contributed by atoms with Crippen LogP contribution in [0.25, 0.3) is 11.4 Å². The second kappa shape index (κ2) is 16.7. The zero-order chi connectivity index (χ0) is 35.7. The summed E-state index contributed by atoms with van der Waals surface area (Å²) in [6, 6.07) is 39.1. The second-order valence-corrected chi connectivity index (χ2v) is 14.2. The van der Waals surface area contributed by atoms with Crippen LogP contribution in [-0.2, 0) is 16.0 Å². The molecular weight excluding hydrogens is 677 g/mol. The average molecular weight is 717 g/mol. The first kappa shape index (κ1) is 35.6. The molecule has 260 valence electrons. The molecule has 2 amide bonds. The lowest BCUT2D eigenvalue weighted by atomic mass is 10.2. The maximum absolute atomic E-state index is 13.6. The molecule has 0 saturated carbocycles. The molecule has 4 aromatic carbocycles. The molecule has 0 aliphatic carbocycles. The van der Waals surface area contributed by atoms with Crippen LogP contribution in [0.4, 0.5) is 11.4 Å². The molecule has 0 bridgehead atoms. The molecule has 0 spiro atoms. The summed E-state index contributed by atoms with van der Waals surface area (Å²) in [4.78, 5) is 30.8. The zero-order valence-corrected chi connectivity index (χ0v) is 30.7. The molecule has 12 heteroatoms. The zero-order valence-electron chi connectivity index (χ0n) is 29.0. The number of hydrogen-bond donors (Lipinski definition) is 0. The SMILES string of the molecule is CC(C)N(C(=O)CSc1nnc(Cc2nnc(SCC(=O)N(c3ccccc3)C(C)C)n2-c2ccccc2)n1-c1ccccc1)c1ccccc1. The largest absolute Gasteiger partial charge is 0.309 e. The van der Waals surface area contributed by atoms with Gasteiger partial charge in [0.2, 0.25) is 11.8 Å². The fourth-order valence-electron chi connectivity index (χ4n) is 5.86. The highest BCUT2D eigenvalue weighted by molar-refractivity contribution is 8.00. The summed E-state index contributed by atoms with van der Waals surface area (Å²) in [6.45, 7) is 8.04. The molecule has 2 heterocycles. The second-order valence-electron chi connectivity index (χ2n) is 12.3. The van der Waals surface area contributed by atoms with Crippen molar-refractivity contribution in [3.05, 3.63) is 133 Å². The standard InChI is InChI=1S/C39H40N8O2S2/c1-28(2)44(30-17-9-5-10-18-30)36(48)26-50-38-42-40-34(46(38)32-21-13-7-14-22-32)25-35-41-43-39(47(35)33-23-15-8-16-24-33)51-27-37(49)45(29(3)4)31-19-11-6-12-20-31/h5-24,28-29H,25-27H2,1-4H3. The van der Waals surface area contributed by atoms with Gasteiger partial charge in [-0.2, -0.15) is 0 Å². The minimum atomic E-state index is -0.0197. The van der Waals surface area contributed by atoms with E-state index in [1.807, 2.05) is 168 Å². The van der Waals surface area contributed by atoms with Gasteiger partial charge in [-0.1, -0.05) is 96.3 Å². The average Bonchev–Trinajstić information content (AvgIpc) is 3.74. The van der Waals surface area contributed by atoms with Gasteiger partial charge in [-0.05, 0) is 76.2 Å². The molecule has 51 heavy (non-hydrogen) atoms. The van der Waals surface area contributed by atoms with Crippen LogP contribution in [0, 0.1) is 0 Å². The first-order valence-electron chi connectivity index (χ1n) is 16.8. The van der Waals surface area contributed by atoms with Crippen LogP contribution < -0.4 is 9.80 Å². The molecule has 0 radical (unpaired) electrons. The van der Waals surface area contributed by atoms with Crippen molar-refractivity contribution in [2.24, 2.45) is 0 Å². The Morgan fingerprint density at radius 3 is 1.20 bits per heavy atom. The molecule has 0 saturated heterocycles. The minimum Gasteiger partial charge on any atom is -0.309 e. The number of anilines is 2. The Kier molecular flexibility index (Phi) is 11.6. The summed E-state index contributed by atoms with van der Waals surface area (Å²) in [5, 5.41) is 19.6. The number of carbonyl (C=O) groups excluding carboxylic acids is 2. The Labute approximate surface area is 306 Å². The Balaban J connectivity index is 1.28. The highest BCUT2D eigenvalue weighted by Gasteiger charge is 2.25. The van der Waals surface area contributed by atoms with Crippen molar-refractivity contribution >= 4 is 46.7 Å². The van der Waals surface area contributed by atoms with Gasteiger partial charge in [0, 0.05) is 34.8 Å². The first-order chi connectivity index (χ1) is 24.8. The number of thioether (sulfide) groups is 2. The summed E-state index contributed by atoms with van der Waals surface area (Å²) in [5.41, 5.74) is 3.46. The van der Waals surface area contributed by atoms with E-state index in [4.69, 9.17) is 0 Å². The summed E-state index contributed by atoms with van der Waals surface area (Å²) < 4.78 is 3.95. The van der Waals surface area contributed by atoms with Gasteiger partial charge in [-0.15, -0.1) is 20.4 Å². The van der Waals surface area contributed by atoms with E-state index in [-0.39, 0.29) is 35.4 Å². The van der Waals surface area contributed by atoms with Gasteiger partial charge < -0.3 is 9.80 Å². The Hall–Kier alpha value is -5.20. The molecule has 0 N–H and O–H groups in total. The third-order valence-corrected chi connectivity index (χ3v) is 9.86. The van der Waals surface area contributed by atoms with Gasteiger partial charge in [0.1, 0.15) is 11.6 Å². The lowest BCUT2D eigenvalue weighted by molar-refractivity contribution is -0.117. The van der Waals surface area contributed by atoms with Gasteiger partial charge >= 0.3 is 0 Å². The normalized spacial score (nSPS) is 11.3. The van der Waals surface area contributed by atoms with E-state index in [1.54, 1.807) is 0 Å². The van der Waals surface area contributed by atoms with Gasteiger partial charge in [0.05, 0.1) is 17.9 Å². The van der Waals surface area contributed by atoms with E-state index >= 15 is 0 Å². The Morgan fingerprint density at radius 2 is 0.863 bits per heavy atom. The third kappa shape index (κ3) is 8.41. The number of hydrogen-bond acceptors (Lipinski definition) is 8. The summed E-state index contributed by atoms with van der Waals surface area (Å²) in [6.07, 6.45) is 0.303. The number of amides is 2. The lowest BCUT2D eigenvalue weighted by Crippen LogP contribution is -2.38. The van der Waals surface area contributed by atoms with Gasteiger partial charge in [-0.3, -0.25) is 18.7 Å². The van der Waals surface area contributed by atoms with E-state index in [9.17, 15) is 9.59 Å². The van der Waals surface area contributed by atoms with E-state index in [1.165, 1.54) is 23.5 Å². The summed E-state index contributed by atoms with van der Waals surface area (Å²) >= 11 is 2.70. The first-order valence-corrected chi connectivity index (χ1v) is 18.8. The molecule has 6 rings (SSSR count). The molecule has 0 atom stereocenters. The van der Waals surface area contributed by atoms with Crippen molar-refractivity contribution in [1.82, 2.24) is 29.5 Å². The molecular formula is C39H40N8O2S2. The van der Waals surface area contributed by atoms with E-state index in [2.05, 4.69) is 20.4 Å². The predicted molar refractivity (Wildman–Crippen MR) is 205 cm³/mol. The van der Waals surface area contributed by atoms with Crippen molar-refractivity contribution in [3.8, 4) is 11.4 Å². The highest BCUT2D eigenvalue weighted by Crippen LogP contribution is 2.28. The quantitative estimate of drug-likeness (QED) is 0.107. The fourth-order valence-corrected chi connectivity index (χ4v) is 7.52. The maximum Gasteiger partial charge on any atom is 0.237 e. The smallest absolute Gasteiger partial charge is 0.237 e. The maximum atomic E-state index is 13.6. The molecule has 0 aliphatic heterocycles. The number of para-hydroxylation sites is 4. The number of nitrogens with zero attached hydrogens (tertiary/aromatic N) is 8. The van der Waals surface area contributed by atoms with E-state index < -0.39 is 0 Å². The predicted octanol–water partition coefficient (Wildman–Crippen LogP) is 7.51. The number of rotatable bonds is 14. The highest BCUT2D eigenvalue weighted by atomic mass is 32.2. The number of carbonyl (C=O) groups is 2. The van der Waals surface area contributed by atoms with Crippen molar-refractivity contribution in [1.29, 1.82) is 0 Å². The van der Waals surface area contributed by atoms with Crippen LogP contribution in [-0.4, -0.2) is 64.9 Å². The fraction of sp³-hybridized carbons (Fsp3) is 0.231. The van der Waals surface area contributed by atoms with Crippen molar-refractivity contribution in [3.63, 3.8) is 0 Å². The summed E-state index contributed by atoms with van der Waals surface area (Å²) in [5.74, 6) is 1.62. The number of aromatic nitrogens is 6. The third-order valence-electron chi connectivity index (χ3n) is 8.03. The van der Waals surface area contributed by atoms with Crippen LogP contribution in [0.15, 0.2) is 132 Å². The molecule has 10 nitrogen and oxygen atoms in total. The topological polar surface area (TPSA) is 102 Å². The van der Waals surface area contributed by atoms with Gasteiger partial charge in [0.15, 0.2) is 10.3 Å². The van der Waals surface area contributed by atoms with E-state index in [0.717, 1.165) is 22.7 Å². The molecule has 6 aromatic rings. The minimum absolute atomic E-state index is 0.0125. The van der Waals surface area contributed by atoms with Crippen molar-refractivity contribution < 1.29 is 9.59 Å². The molecule has 0 fully saturated rings. The van der Waals surface area contributed by atoms with Crippen molar-refractivity contribution in [2.45, 2.75) is 56.5 Å². The van der Waals surface area contributed by atoms with E-state index in [0.29, 0.717) is 28.4 Å². The van der Waals surface area contributed by atoms with Crippen LogP contribution >= 0.6 is 23.5 Å². The van der Waals surface area contributed by atoms with Crippen LogP contribution in [0.3, 0.4) is 0 Å². The Morgan fingerprint density at radius 1 is 0.529 bits per heavy atom. The lowest BCUT2D eigenvalue weighted by Gasteiger charge is -2.26. The molecule has 0 unspecified atom stereocenters. The number of benzene rings is 4. The monoisotopic (exact) mass is 716 g/mol. The van der Waals surface area contributed by atoms with Gasteiger partial charge in [0.25, 0.3) is 0 Å². The van der Waals surface area contributed by atoms with Crippen LogP contribution in [0.5, 0.6) is 0 Å². The molecule has 0 aliphatic rings. The van der Waals surface area contributed by atoms with Crippen molar-refractivity contribution in [2.75, 3.05) is 21.3 Å². The van der Waals surface area contributed by atoms with Crippen LogP contribution in [0.1, 0.15) is 39.3 Å². The molecule has 2 aromatic heterocycles.